The lowest BCUT2D eigenvalue weighted by Gasteiger charge is -2.37. The minimum absolute atomic E-state index is 0.0130. The van der Waals surface area contributed by atoms with Crippen molar-refractivity contribution in [1.82, 2.24) is 4.90 Å². The normalized spacial score (nSPS) is 22.6. The van der Waals surface area contributed by atoms with Crippen LogP contribution in [0.25, 0.3) is 5.57 Å². The maximum absolute atomic E-state index is 13.5. The molecule has 1 fully saturated rings. The highest BCUT2D eigenvalue weighted by Crippen LogP contribution is 2.36. The fourth-order valence-electron chi connectivity index (χ4n) is 4.14. The van der Waals surface area contributed by atoms with Gasteiger partial charge >= 0.3 is 0 Å². The molecule has 0 bridgehead atoms. The van der Waals surface area contributed by atoms with E-state index in [2.05, 4.69) is 0 Å². The fraction of sp³-hybridized carbons (Fsp3) is 0.333. The number of amides is 2. The van der Waals surface area contributed by atoms with Crippen LogP contribution in [0, 0.1) is 13.8 Å². The molecule has 150 valence electrons. The van der Waals surface area contributed by atoms with Gasteiger partial charge in [0.2, 0.25) is 0 Å². The first-order valence-electron chi connectivity index (χ1n) is 10.0. The van der Waals surface area contributed by atoms with E-state index in [1.807, 2.05) is 69.0 Å². The topological polar surface area (TPSA) is 49.9 Å². The van der Waals surface area contributed by atoms with Crippen molar-refractivity contribution >= 4 is 23.1 Å². The number of aryl methyl sites for hydroxylation is 2. The number of hydrogen-bond acceptors (Lipinski definition) is 4. The zero-order valence-electron chi connectivity index (χ0n) is 17.3. The third-order valence-electron chi connectivity index (χ3n) is 5.61. The van der Waals surface area contributed by atoms with Crippen molar-refractivity contribution in [3.63, 3.8) is 0 Å². The highest BCUT2D eigenvalue weighted by Gasteiger charge is 2.43. The lowest BCUT2D eigenvalue weighted by molar-refractivity contribution is -0.121. The first-order valence-corrected chi connectivity index (χ1v) is 10.0. The zero-order chi connectivity index (χ0) is 20.7. The van der Waals surface area contributed by atoms with E-state index in [0.29, 0.717) is 30.0 Å². The maximum Gasteiger partial charge on any atom is 0.282 e. The molecule has 0 radical (unpaired) electrons. The van der Waals surface area contributed by atoms with Gasteiger partial charge in [0, 0.05) is 13.1 Å². The van der Waals surface area contributed by atoms with Gasteiger partial charge in [-0.25, -0.2) is 4.90 Å². The van der Waals surface area contributed by atoms with Crippen LogP contribution in [0.2, 0.25) is 0 Å². The number of morpholine rings is 1. The van der Waals surface area contributed by atoms with E-state index in [-0.39, 0.29) is 24.0 Å². The van der Waals surface area contributed by atoms with Gasteiger partial charge in [0.1, 0.15) is 5.70 Å². The number of ether oxygens (including phenoxy) is 1. The number of anilines is 1. The lowest BCUT2D eigenvalue weighted by Crippen LogP contribution is -2.47. The van der Waals surface area contributed by atoms with Crippen molar-refractivity contribution in [2.45, 2.75) is 39.9 Å². The predicted octanol–water partition coefficient (Wildman–Crippen LogP) is 3.70. The largest absolute Gasteiger partial charge is 0.372 e. The summed E-state index contributed by atoms with van der Waals surface area (Å²) in [5, 5.41) is 0. The molecule has 2 aliphatic heterocycles. The standard InChI is InChI=1S/C24H26N2O3/c1-15-10-11-19(12-16(15)2)21-22(25-13-17(3)29-18(4)14-25)24(28)26(23(21)27)20-8-6-5-7-9-20/h5-12,17-18H,13-14H2,1-4H3. The predicted molar refractivity (Wildman–Crippen MR) is 113 cm³/mol. The Kier molecular flexibility index (Phi) is 5.01. The minimum atomic E-state index is -0.272. The molecule has 2 heterocycles. The van der Waals surface area contributed by atoms with Gasteiger partial charge in [-0.05, 0) is 56.5 Å². The van der Waals surface area contributed by atoms with Crippen molar-refractivity contribution < 1.29 is 14.3 Å². The van der Waals surface area contributed by atoms with Crippen LogP contribution in [0.3, 0.4) is 0 Å². The minimum Gasteiger partial charge on any atom is -0.372 e. The average Bonchev–Trinajstić information content (AvgIpc) is 2.94. The molecule has 29 heavy (non-hydrogen) atoms. The Balaban J connectivity index is 1.86. The van der Waals surface area contributed by atoms with Gasteiger partial charge in [-0.15, -0.1) is 0 Å². The van der Waals surface area contributed by atoms with Gasteiger partial charge in [0.05, 0.1) is 23.5 Å². The molecule has 2 aromatic rings. The van der Waals surface area contributed by atoms with Crippen LogP contribution in [-0.4, -0.2) is 42.0 Å². The highest BCUT2D eigenvalue weighted by atomic mass is 16.5. The number of benzene rings is 2. The van der Waals surface area contributed by atoms with E-state index < -0.39 is 0 Å². The van der Waals surface area contributed by atoms with E-state index in [9.17, 15) is 9.59 Å². The second-order valence-corrected chi connectivity index (χ2v) is 7.97. The first kappa shape index (κ1) is 19.4. The summed E-state index contributed by atoms with van der Waals surface area (Å²) < 4.78 is 5.85. The molecule has 5 nitrogen and oxygen atoms in total. The van der Waals surface area contributed by atoms with Gasteiger partial charge in [0.15, 0.2) is 0 Å². The Morgan fingerprint density at radius 1 is 0.862 bits per heavy atom. The Labute approximate surface area is 171 Å². The summed E-state index contributed by atoms with van der Waals surface area (Å²) in [5.74, 6) is -0.540. The molecule has 2 amide bonds. The second-order valence-electron chi connectivity index (χ2n) is 7.97. The number of rotatable bonds is 3. The Morgan fingerprint density at radius 3 is 2.14 bits per heavy atom. The lowest BCUT2D eigenvalue weighted by atomic mass is 9.99. The fourth-order valence-corrected chi connectivity index (χ4v) is 4.14. The van der Waals surface area contributed by atoms with Crippen LogP contribution in [0.5, 0.6) is 0 Å². The molecule has 2 unspecified atom stereocenters. The van der Waals surface area contributed by atoms with Gasteiger partial charge in [-0.2, -0.15) is 0 Å². The Morgan fingerprint density at radius 2 is 1.52 bits per heavy atom. The molecule has 0 aliphatic carbocycles. The van der Waals surface area contributed by atoms with Crippen LogP contribution in [0.1, 0.15) is 30.5 Å². The SMILES string of the molecule is Cc1ccc(C2=C(N3CC(C)OC(C)C3)C(=O)N(c3ccccc3)C2=O)cc1C. The third kappa shape index (κ3) is 3.47. The van der Waals surface area contributed by atoms with Crippen LogP contribution in [0.15, 0.2) is 54.2 Å². The van der Waals surface area contributed by atoms with E-state index in [4.69, 9.17) is 4.74 Å². The van der Waals surface area contributed by atoms with E-state index in [1.165, 1.54) is 4.90 Å². The molecule has 2 atom stereocenters. The summed E-state index contributed by atoms with van der Waals surface area (Å²) in [6.07, 6.45) is -0.0261. The Hall–Kier alpha value is -2.92. The summed E-state index contributed by atoms with van der Waals surface area (Å²) in [4.78, 5) is 30.4. The summed E-state index contributed by atoms with van der Waals surface area (Å²) in [6, 6.07) is 15.1. The summed E-state index contributed by atoms with van der Waals surface area (Å²) in [6.45, 7) is 9.21. The highest BCUT2D eigenvalue weighted by molar-refractivity contribution is 6.45. The molecular weight excluding hydrogens is 364 g/mol. The number of carbonyl (C=O) groups excluding carboxylic acids is 2. The molecule has 0 spiro atoms. The van der Waals surface area contributed by atoms with Crippen molar-refractivity contribution in [2.75, 3.05) is 18.0 Å². The summed E-state index contributed by atoms with van der Waals surface area (Å²) in [5.41, 5.74) is 4.57. The molecule has 0 N–H and O–H groups in total. The molecule has 5 heteroatoms. The number of hydrogen-bond donors (Lipinski definition) is 0. The van der Waals surface area contributed by atoms with Crippen molar-refractivity contribution in [1.29, 1.82) is 0 Å². The molecule has 2 aromatic carbocycles. The molecule has 0 saturated carbocycles. The van der Waals surface area contributed by atoms with Crippen molar-refractivity contribution in [2.24, 2.45) is 0 Å². The zero-order valence-corrected chi connectivity index (χ0v) is 17.3. The number of carbonyl (C=O) groups is 2. The molecule has 0 aromatic heterocycles. The van der Waals surface area contributed by atoms with Gasteiger partial charge < -0.3 is 9.64 Å². The van der Waals surface area contributed by atoms with Gasteiger partial charge in [-0.3, -0.25) is 9.59 Å². The molecule has 4 rings (SSSR count). The first-order chi connectivity index (χ1) is 13.9. The van der Waals surface area contributed by atoms with Gasteiger partial charge in [-0.1, -0.05) is 36.4 Å². The monoisotopic (exact) mass is 390 g/mol. The van der Waals surface area contributed by atoms with E-state index in [0.717, 1.165) is 16.7 Å². The van der Waals surface area contributed by atoms with Crippen molar-refractivity contribution in [3.8, 4) is 0 Å². The summed E-state index contributed by atoms with van der Waals surface area (Å²) >= 11 is 0. The summed E-state index contributed by atoms with van der Waals surface area (Å²) in [7, 11) is 0. The Bertz CT molecular complexity index is 986. The van der Waals surface area contributed by atoms with Gasteiger partial charge in [0.25, 0.3) is 11.8 Å². The van der Waals surface area contributed by atoms with Crippen LogP contribution < -0.4 is 4.90 Å². The van der Waals surface area contributed by atoms with Crippen LogP contribution in [0.4, 0.5) is 5.69 Å². The number of nitrogens with zero attached hydrogens (tertiary/aromatic N) is 2. The van der Waals surface area contributed by atoms with E-state index >= 15 is 0 Å². The number of para-hydroxylation sites is 1. The molecular formula is C24H26N2O3. The van der Waals surface area contributed by atoms with Crippen LogP contribution >= 0.6 is 0 Å². The van der Waals surface area contributed by atoms with E-state index in [1.54, 1.807) is 12.1 Å². The molecule has 2 aliphatic rings. The van der Waals surface area contributed by atoms with Crippen LogP contribution in [-0.2, 0) is 14.3 Å². The second kappa shape index (κ2) is 7.48. The quantitative estimate of drug-likeness (QED) is 0.750. The maximum atomic E-state index is 13.5. The smallest absolute Gasteiger partial charge is 0.282 e. The van der Waals surface area contributed by atoms with Crippen molar-refractivity contribution in [3.05, 3.63) is 70.9 Å². The third-order valence-corrected chi connectivity index (χ3v) is 5.61. The average molecular weight is 390 g/mol. The molecule has 1 saturated heterocycles. The number of imide groups is 1.